The van der Waals surface area contributed by atoms with Crippen molar-refractivity contribution in [1.82, 2.24) is 0 Å². The number of aliphatic hydroxyl groups is 3. The summed E-state index contributed by atoms with van der Waals surface area (Å²) in [6.45, 7) is 1.02. The van der Waals surface area contributed by atoms with E-state index in [0.29, 0.717) is 5.69 Å². The summed E-state index contributed by atoms with van der Waals surface area (Å²) in [5.74, 6) is -1.08. The fourth-order valence-electron chi connectivity index (χ4n) is 1.57. The fraction of sp³-hybridized carbons (Fsp3) is 0.417. The largest absolute Gasteiger partial charge is 0.478 e. The number of rotatable bonds is 6. The van der Waals surface area contributed by atoms with E-state index in [2.05, 4.69) is 5.32 Å². The van der Waals surface area contributed by atoms with Crippen molar-refractivity contribution in [3.05, 3.63) is 29.8 Å². The van der Waals surface area contributed by atoms with Crippen LogP contribution in [-0.2, 0) is 0 Å². The SMILES string of the molecule is CC(Nc1ccccc1C(=O)O)[C@@H](O)[C@H](O)CO. The molecule has 6 heteroatoms. The molecule has 5 N–H and O–H groups in total. The highest BCUT2D eigenvalue weighted by molar-refractivity contribution is 5.94. The van der Waals surface area contributed by atoms with E-state index in [9.17, 15) is 15.0 Å². The van der Waals surface area contributed by atoms with Crippen molar-refractivity contribution in [2.75, 3.05) is 11.9 Å². The van der Waals surface area contributed by atoms with Crippen LogP contribution in [0.4, 0.5) is 5.69 Å². The molecule has 0 amide bonds. The maximum absolute atomic E-state index is 11.0. The minimum atomic E-state index is -1.27. The molecule has 0 fully saturated rings. The maximum atomic E-state index is 11.0. The minimum Gasteiger partial charge on any atom is -0.478 e. The predicted molar refractivity (Wildman–Crippen MR) is 65.6 cm³/mol. The average molecular weight is 255 g/mol. The number of carboxylic acids is 1. The van der Waals surface area contributed by atoms with Gasteiger partial charge >= 0.3 is 5.97 Å². The number of hydrogen-bond donors (Lipinski definition) is 5. The lowest BCUT2D eigenvalue weighted by Crippen LogP contribution is -2.42. The van der Waals surface area contributed by atoms with Crippen LogP contribution in [0.1, 0.15) is 17.3 Å². The molecule has 100 valence electrons. The van der Waals surface area contributed by atoms with Crippen molar-refractivity contribution >= 4 is 11.7 Å². The van der Waals surface area contributed by atoms with E-state index in [1.54, 1.807) is 25.1 Å². The van der Waals surface area contributed by atoms with E-state index in [4.69, 9.17) is 10.2 Å². The highest BCUT2D eigenvalue weighted by Gasteiger charge is 2.23. The molecular formula is C12H17NO5. The van der Waals surface area contributed by atoms with Crippen molar-refractivity contribution < 1.29 is 25.2 Å². The first-order chi connectivity index (χ1) is 8.47. The second kappa shape index (κ2) is 6.34. The Kier molecular flexibility index (Phi) is 5.08. The highest BCUT2D eigenvalue weighted by Crippen LogP contribution is 2.17. The van der Waals surface area contributed by atoms with Gasteiger partial charge in [0, 0.05) is 5.69 Å². The first-order valence-corrected chi connectivity index (χ1v) is 5.53. The third-order valence-electron chi connectivity index (χ3n) is 2.63. The van der Waals surface area contributed by atoms with Gasteiger partial charge in [0.15, 0.2) is 0 Å². The number of hydrogen-bond acceptors (Lipinski definition) is 5. The summed E-state index contributed by atoms with van der Waals surface area (Å²) in [6, 6.07) is 5.66. The Morgan fingerprint density at radius 1 is 1.33 bits per heavy atom. The van der Waals surface area contributed by atoms with Crippen molar-refractivity contribution in [1.29, 1.82) is 0 Å². The zero-order valence-electron chi connectivity index (χ0n) is 9.95. The van der Waals surface area contributed by atoms with E-state index < -0.39 is 30.8 Å². The number of para-hydroxylation sites is 1. The number of aliphatic hydroxyl groups excluding tert-OH is 3. The lowest BCUT2D eigenvalue weighted by Gasteiger charge is -2.25. The summed E-state index contributed by atoms with van der Waals surface area (Å²) in [7, 11) is 0. The monoisotopic (exact) mass is 255 g/mol. The normalized spacial score (nSPS) is 15.8. The van der Waals surface area contributed by atoms with Crippen molar-refractivity contribution in [2.24, 2.45) is 0 Å². The summed E-state index contributed by atoms with van der Waals surface area (Å²) in [6.07, 6.45) is -2.47. The molecule has 1 aromatic rings. The Morgan fingerprint density at radius 2 is 1.94 bits per heavy atom. The quantitative estimate of drug-likeness (QED) is 0.485. The van der Waals surface area contributed by atoms with Gasteiger partial charge in [-0.15, -0.1) is 0 Å². The molecule has 0 aliphatic carbocycles. The molecule has 0 heterocycles. The zero-order valence-corrected chi connectivity index (χ0v) is 9.95. The molecule has 18 heavy (non-hydrogen) atoms. The van der Waals surface area contributed by atoms with Crippen LogP contribution in [0.3, 0.4) is 0 Å². The molecule has 0 aliphatic rings. The second-order valence-corrected chi connectivity index (χ2v) is 4.02. The van der Waals surface area contributed by atoms with Gasteiger partial charge < -0.3 is 25.7 Å². The number of carbonyl (C=O) groups is 1. The number of nitrogens with one attached hydrogen (secondary N) is 1. The first kappa shape index (κ1) is 14.4. The van der Waals surface area contributed by atoms with Gasteiger partial charge in [0.1, 0.15) is 12.2 Å². The van der Waals surface area contributed by atoms with Gasteiger partial charge in [0.25, 0.3) is 0 Å². The molecule has 1 unspecified atom stereocenters. The predicted octanol–water partition coefficient (Wildman–Crippen LogP) is -0.101. The molecule has 0 saturated heterocycles. The van der Waals surface area contributed by atoms with Crippen LogP contribution in [0.15, 0.2) is 24.3 Å². The molecule has 0 bridgehead atoms. The second-order valence-electron chi connectivity index (χ2n) is 4.02. The van der Waals surface area contributed by atoms with Crippen LogP contribution in [0.25, 0.3) is 0 Å². The fourth-order valence-corrected chi connectivity index (χ4v) is 1.57. The molecule has 0 spiro atoms. The number of anilines is 1. The van der Waals surface area contributed by atoms with Gasteiger partial charge in [-0.05, 0) is 19.1 Å². The van der Waals surface area contributed by atoms with Gasteiger partial charge in [0.05, 0.1) is 18.2 Å². The Balaban J connectivity index is 2.81. The van der Waals surface area contributed by atoms with Gasteiger partial charge in [-0.25, -0.2) is 4.79 Å². The first-order valence-electron chi connectivity index (χ1n) is 5.53. The molecular weight excluding hydrogens is 238 g/mol. The van der Waals surface area contributed by atoms with Crippen LogP contribution in [0, 0.1) is 0 Å². The molecule has 3 atom stereocenters. The topological polar surface area (TPSA) is 110 Å². The summed E-state index contributed by atoms with van der Waals surface area (Å²) in [4.78, 5) is 11.0. The smallest absolute Gasteiger partial charge is 0.337 e. The summed E-state index contributed by atoms with van der Waals surface area (Å²) in [5.41, 5.74) is 0.428. The number of benzene rings is 1. The lowest BCUT2D eigenvalue weighted by atomic mass is 10.1. The Bertz CT molecular complexity index is 409. The van der Waals surface area contributed by atoms with Crippen LogP contribution in [-0.4, -0.2) is 51.3 Å². The standard InChI is InChI=1S/C12H17NO5/c1-7(11(16)10(15)6-14)13-9-5-3-2-4-8(9)12(17)18/h2-5,7,10-11,13-16H,6H2,1H3,(H,17,18)/t7?,10-,11-/m1/s1. The number of aromatic carboxylic acids is 1. The highest BCUT2D eigenvalue weighted by atomic mass is 16.4. The third kappa shape index (κ3) is 3.43. The Morgan fingerprint density at radius 3 is 2.50 bits per heavy atom. The van der Waals surface area contributed by atoms with E-state index in [1.165, 1.54) is 6.07 Å². The summed E-state index contributed by atoms with van der Waals surface area (Å²) < 4.78 is 0. The Labute approximate surface area is 105 Å². The summed E-state index contributed by atoms with van der Waals surface area (Å²) >= 11 is 0. The van der Waals surface area contributed by atoms with E-state index >= 15 is 0 Å². The molecule has 1 rings (SSSR count). The molecule has 6 nitrogen and oxygen atoms in total. The summed E-state index contributed by atoms with van der Waals surface area (Å²) in [5, 5.41) is 39.5. The van der Waals surface area contributed by atoms with Crippen LogP contribution < -0.4 is 5.32 Å². The van der Waals surface area contributed by atoms with Crippen LogP contribution in [0.5, 0.6) is 0 Å². The maximum Gasteiger partial charge on any atom is 0.337 e. The molecule has 0 saturated carbocycles. The molecule has 0 radical (unpaired) electrons. The van der Waals surface area contributed by atoms with Gasteiger partial charge in [-0.2, -0.15) is 0 Å². The van der Waals surface area contributed by atoms with Crippen molar-refractivity contribution in [2.45, 2.75) is 25.2 Å². The van der Waals surface area contributed by atoms with Gasteiger partial charge in [-0.1, -0.05) is 12.1 Å². The van der Waals surface area contributed by atoms with Gasteiger partial charge in [-0.3, -0.25) is 0 Å². The average Bonchev–Trinajstić information content (AvgIpc) is 2.37. The van der Waals surface area contributed by atoms with Crippen molar-refractivity contribution in [3.63, 3.8) is 0 Å². The van der Waals surface area contributed by atoms with Crippen molar-refractivity contribution in [3.8, 4) is 0 Å². The van der Waals surface area contributed by atoms with Gasteiger partial charge in [0.2, 0.25) is 0 Å². The minimum absolute atomic E-state index is 0.0787. The number of carboxylic acid groups (broad SMARTS) is 1. The van der Waals surface area contributed by atoms with E-state index in [0.717, 1.165) is 0 Å². The zero-order chi connectivity index (χ0) is 13.7. The van der Waals surface area contributed by atoms with E-state index in [-0.39, 0.29) is 5.56 Å². The molecule has 0 aliphatic heterocycles. The van der Waals surface area contributed by atoms with Crippen LogP contribution >= 0.6 is 0 Å². The molecule has 1 aromatic carbocycles. The Hall–Kier alpha value is -1.63. The van der Waals surface area contributed by atoms with E-state index in [1.807, 2.05) is 0 Å². The molecule has 0 aromatic heterocycles. The lowest BCUT2D eigenvalue weighted by molar-refractivity contribution is -0.0200. The third-order valence-corrected chi connectivity index (χ3v) is 2.63. The van der Waals surface area contributed by atoms with Crippen LogP contribution in [0.2, 0.25) is 0 Å².